The molecule has 0 aliphatic rings. The fourth-order valence-electron chi connectivity index (χ4n) is 1.56. The largest absolute Gasteiger partial charge is 0.101 e. The molecule has 0 aromatic heterocycles. The quantitative estimate of drug-likeness (QED) is 0.363. The predicted octanol–water partition coefficient (Wildman–Crippen LogP) is 2.21. The average Bonchev–Trinajstić information content (AvgIpc) is 2.10. The van der Waals surface area contributed by atoms with Crippen LogP contribution in [-0.2, 0) is 0 Å². The Kier molecular flexibility index (Phi) is 11.3. The molecule has 0 atom stereocenters. The summed E-state index contributed by atoms with van der Waals surface area (Å²) in [6.45, 7) is 0. The minimum absolute atomic E-state index is 1.37. The molecule has 0 aromatic rings. The first-order chi connectivity index (χ1) is 5.91. The van der Waals surface area contributed by atoms with Crippen molar-refractivity contribution in [2.75, 3.05) is 0 Å². The lowest BCUT2D eigenvalue weighted by Crippen LogP contribution is -1.81. The molecule has 0 rings (SSSR count). The van der Waals surface area contributed by atoms with Crippen molar-refractivity contribution in [3.63, 3.8) is 0 Å². The van der Waals surface area contributed by atoms with Crippen molar-refractivity contribution < 1.29 is 0 Å². The van der Waals surface area contributed by atoms with Gasteiger partial charge in [-0.05, 0) is 0 Å². The molecule has 70 valence electrons. The highest BCUT2D eigenvalue weighted by Crippen LogP contribution is 2.09. The maximum Gasteiger partial charge on any atom is 0.101 e. The Morgan fingerprint density at radius 1 is 0.417 bits per heavy atom. The normalized spacial score (nSPS) is 10.3. The van der Waals surface area contributed by atoms with Crippen molar-refractivity contribution in [1.82, 2.24) is 0 Å². The second kappa shape index (κ2) is 11.1. The van der Waals surface area contributed by atoms with Crippen LogP contribution in [0.1, 0.15) is 51.4 Å². The lowest BCUT2D eigenvalue weighted by Gasteiger charge is -1.99. The number of hydrogen-bond donors (Lipinski definition) is 0. The van der Waals surface area contributed by atoms with E-state index >= 15 is 0 Å². The topological polar surface area (TPSA) is 0 Å². The van der Waals surface area contributed by atoms with Gasteiger partial charge in [-0.2, -0.15) is 0 Å². The molecule has 0 saturated carbocycles. The number of unbranched alkanes of at least 4 members (excludes halogenated alkanes) is 7. The van der Waals surface area contributed by atoms with Crippen LogP contribution < -0.4 is 0 Å². The molecule has 0 radical (unpaired) electrons. The summed E-state index contributed by atoms with van der Waals surface area (Å²) >= 11 is 0. The van der Waals surface area contributed by atoms with E-state index in [9.17, 15) is 0 Å². The fourth-order valence-corrected chi connectivity index (χ4v) is 1.56. The Hall–Kier alpha value is 0.130. The third-order valence-electron chi connectivity index (χ3n) is 2.46. The zero-order valence-electron chi connectivity index (χ0n) is 9.07. The van der Waals surface area contributed by atoms with E-state index in [1.807, 2.05) is 0 Å². The summed E-state index contributed by atoms with van der Waals surface area (Å²) in [4.78, 5) is 0. The van der Waals surface area contributed by atoms with Crippen LogP contribution in [0.3, 0.4) is 0 Å². The van der Waals surface area contributed by atoms with E-state index in [0.717, 1.165) is 0 Å². The van der Waals surface area contributed by atoms with E-state index in [4.69, 9.17) is 0 Å². The Labute approximate surface area is 80.3 Å². The molecule has 0 heterocycles. The van der Waals surface area contributed by atoms with Gasteiger partial charge >= 0.3 is 0 Å². The van der Waals surface area contributed by atoms with Crippen LogP contribution in [0.15, 0.2) is 0 Å². The molecule has 0 unspecified atom stereocenters. The molecule has 0 saturated heterocycles. The fraction of sp³-hybridized carbons (Fsp3) is 1.00. The van der Waals surface area contributed by atoms with Gasteiger partial charge in [-0.1, -0.05) is 64.0 Å². The van der Waals surface area contributed by atoms with Crippen LogP contribution in [0.25, 0.3) is 0 Å². The summed E-state index contributed by atoms with van der Waals surface area (Å²) in [7, 11) is 4.56. The molecule has 0 spiro atoms. The highest BCUT2D eigenvalue weighted by Gasteiger charge is 1.90. The summed E-state index contributed by atoms with van der Waals surface area (Å²) in [6, 6.07) is 0. The summed E-state index contributed by atoms with van der Waals surface area (Å²) in [5.41, 5.74) is 0. The van der Waals surface area contributed by atoms with Crippen LogP contribution in [0, 0.1) is 0 Å². The van der Waals surface area contributed by atoms with Crippen molar-refractivity contribution in [2.45, 2.75) is 64.0 Å². The molecule has 0 N–H and O–H groups in total. The zero-order valence-corrected chi connectivity index (χ0v) is 9.07. The summed E-state index contributed by atoms with van der Waals surface area (Å²) in [5, 5.41) is 0. The molecule has 0 aromatic carbocycles. The molecule has 0 amide bonds. The number of rotatable bonds is 9. The van der Waals surface area contributed by atoms with Crippen molar-refractivity contribution in [3.8, 4) is 0 Å². The molecule has 0 bridgehead atoms. The standard InChI is InChI=1S/C10H24B2/c11-9-7-5-3-1-2-4-6-8-10-12/h1-12H2. The summed E-state index contributed by atoms with van der Waals surface area (Å²) in [6.07, 6.45) is 14.4. The Bertz CT molecular complexity index is 64.2. The van der Waals surface area contributed by atoms with E-state index in [1.165, 1.54) is 64.0 Å². The second-order valence-electron chi connectivity index (χ2n) is 3.83. The van der Waals surface area contributed by atoms with Crippen LogP contribution in [0.4, 0.5) is 0 Å². The minimum Gasteiger partial charge on any atom is -0.0811 e. The molecule has 2 heteroatoms. The smallest absolute Gasteiger partial charge is 0.0811 e. The lowest BCUT2D eigenvalue weighted by atomic mass is 9.97. The van der Waals surface area contributed by atoms with Gasteiger partial charge in [0.05, 0.1) is 0 Å². The van der Waals surface area contributed by atoms with E-state index < -0.39 is 0 Å². The first kappa shape index (κ1) is 12.1. The van der Waals surface area contributed by atoms with Crippen molar-refractivity contribution in [1.29, 1.82) is 0 Å². The van der Waals surface area contributed by atoms with E-state index in [2.05, 4.69) is 15.7 Å². The Morgan fingerprint density at radius 3 is 0.917 bits per heavy atom. The lowest BCUT2D eigenvalue weighted by molar-refractivity contribution is 0.585. The van der Waals surface area contributed by atoms with Crippen LogP contribution in [-0.4, -0.2) is 15.7 Å². The highest BCUT2D eigenvalue weighted by atomic mass is 13.9. The van der Waals surface area contributed by atoms with E-state index in [1.54, 1.807) is 0 Å². The molecule has 0 aliphatic heterocycles. The minimum atomic E-state index is 1.37. The third kappa shape index (κ3) is 10.1. The van der Waals surface area contributed by atoms with Crippen LogP contribution in [0.5, 0.6) is 0 Å². The summed E-state index contributed by atoms with van der Waals surface area (Å²) < 4.78 is 0. The molecule has 12 heavy (non-hydrogen) atoms. The van der Waals surface area contributed by atoms with E-state index in [-0.39, 0.29) is 0 Å². The zero-order chi connectivity index (χ0) is 9.07. The van der Waals surface area contributed by atoms with Gasteiger partial charge in [0.15, 0.2) is 0 Å². The molecule has 0 fully saturated rings. The maximum absolute atomic E-state index is 2.28. The van der Waals surface area contributed by atoms with Crippen molar-refractivity contribution >= 4 is 15.7 Å². The predicted molar refractivity (Wildman–Crippen MR) is 63.6 cm³/mol. The second-order valence-corrected chi connectivity index (χ2v) is 3.83. The van der Waals surface area contributed by atoms with Crippen molar-refractivity contribution in [3.05, 3.63) is 0 Å². The maximum atomic E-state index is 2.28. The van der Waals surface area contributed by atoms with Crippen LogP contribution in [0.2, 0.25) is 12.6 Å². The van der Waals surface area contributed by atoms with Gasteiger partial charge in [0.25, 0.3) is 0 Å². The molecular formula is C10H24B2. The van der Waals surface area contributed by atoms with Crippen LogP contribution >= 0.6 is 0 Å². The van der Waals surface area contributed by atoms with Gasteiger partial charge in [0.1, 0.15) is 15.7 Å². The molecular weight excluding hydrogens is 142 g/mol. The monoisotopic (exact) mass is 166 g/mol. The van der Waals surface area contributed by atoms with Crippen molar-refractivity contribution in [2.24, 2.45) is 0 Å². The van der Waals surface area contributed by atoms with Gasteiger partial charge in [0.2, 0.25) is 0 Å². The van der Waals surface area contributed by atoms with Gasteiger partial charge < -0.3 is 0 Å². The van der Waals surface area contributed by atoms with E-state index in [0.29, 0.717) is 0 Å². The number of hydrogen-bond acceptors (Lipinski definition) is 0. The first-order valence-corrected chi connectivity index (χ1v) is 5.91. The van der Waals surface area contributed by atoms with Gasteiger partial charge in [-0.25, -0.2) is 0 Å². The Morgan fingerprint density at radius 2 is 0.667 bits per heavy atom. The first-order valence-electron chi connectivity index (χ1n) is 5.91. The van der Waals surface area contributed by atoms with Gasteiger partial charge in [-0.15, -0.1) is 0 Å². The molecule has 0 aliphatic carbocycles. The SMILES string of the molecule is BCCCCCCCCCCB. The third-order valence-corrected chi connectivity index (χ3v) is 2.46. The Balaban J connectivity index is 2.73. The molecule has 0 nitrogen and oxygen atoms in total. The summed E-state index contributed by atoms with van der Waals surface area (Å²) in [5.74, 6) is 0. The van der Waals surface area contributed by atoms with Gasteiger partial charge in [0, 0.05) is 0 Å². The van der Waals surface area contributed by atoms with Gasteiger partial charge in [-0.3, -0.25) is 0 Å². The average molecular weight is 166 g/mol. The highest BCUT2D eigenvalue weighted by molar-refractivity contribution is 6.08.